The Morgan fingerprint density at radius 2 is 2.18 bits per heavy atom. The van der Waals surface area contributed by atoms with Crippen LogP contribution in [0.15, 0.2) is 24.5 Å². The summed E-state index contributed by atoms with van der Waals surface area (Å²) in [6, 6.07) is 1.92. The molecule has 1 aromatic heterocycles. The van der Waals surface area contributed by atoms with Crippen molar-refractivity contribution < 1.29 is 52.1 Å². The minimum absolute atomic E-state index is 0. The number of hydrogen-bond donors (Lipinski definition) is 0. The van der Waals surface area contributed by atoms with E-state index in [4.69, 9.17) is 0 Å². The summed E-state index contributed by atoms with van der Waals surface area (Å²) < 4.78 is 33.3. The molecule has 2 aliphatic rings. The number of rotatable bonds is 3. The van der Waals surface area contributed by atoms with Gasteiger partial charge >= 0.3 is 29.6 Å². The Morgan fingerprint density at radius 3 is 2.77 bits per heavy atom. The van der Waals surface area contributed by atoms with Crippen LogP contribution in [-0.2, 0) is 26.3 Å². The van der Waals surface area contributed by atoms with Crippen molar-refractivity contribution >= 4 is 22.1 Å². The van der Waals surface area contributed by atoms with Gasteiger partial charge in [0.15, 0.2) is 10.3 Å². The number of carbonyl (C=O) groups is 2. The van der Waals surface area contributed by atoms with Gasteiger partial charge in [0.1, 0.15) is 6.04 Å². The second-order valence-corrected chi connectivity index (χ2v) is 6.27. The fourth-order valence-corrected chi connectivity index (χ4v) is 3.75. The van der Waals surface area contributed by atoms with Crippen molar-refractivity contribution in [1.82, 2.24) is 14.2 Å². The molecule has 0 saturated carbocycles. The quantitative estimate of drug-likeness (QED) is 0.316. The third-order valence-corrected chi connectivity index (χ3v) is 4.71. The van der Waals surface area contributed by atoms with Crippen LogP contribution in [0.1, 0.15) is 12.0 Å². The zero-order valence-corrected chi connectivity index (χ0v) is 14.7. The minimum Gasteiger partial charge on any atom is -0.731 e. The first-order chi connectivity index (χ1) is 9.89. The van der Waals surface area contributed by atoms with Gasteiger partial charge in [-0.25, -0.2) is 12.7 Å². The molecule has 3 rings (SSSR count). The van der Waals surface area contributed by atoms with Gasteiger partial charge in [-0.1, -0.05) is 6.07 Å². The standard InChI is InChI=1S/C12H13N3O5S.Na/c16-10(6-8-2-1-4-13-7-8)14-5-3-9-11(14)12(17)15(9)21(18,19)20;/h1-2,4,7,9,11H,3,5-6H2,(H,18,19,20);/q;+1/p-1/t9-,11+;/m1./s1. The van der Waals surface area contributed by atoms with E-state index in [0.29, 0.717) is 16.3 Å². The van der Waals surface area contributed by atoms with E-state index in [1.54, 1.807) is 24.5 Å². The smallest absolute Gasteiger partial charge is 0.731 e. The van der Waals surface area contributed by atoms with Crippen LogP contribution in [0.2, 0.25) is 0 Å². The molecule has 0 bridgehead atoms. The first kappa shape index (κ1) is 17.4. The van der Waals surface area contributed by atoms with Gasteiger partial charge in [0, 0.05) is 18.9 Å². The van der Waals surface area contributed by atoms with Crippen LogP contribution in [0.25, 0.3) is 0 Å². The predicted octanol–water partition coefficient (Wildman–Crippen LogP) is -4.10. The normalized spacial score (nSPS) is 23.6. The van der Waals surface area contributed by atoms with Gasteiger partial charge in [0.05, 0.1) is 12.5 Å². The number of aromatic nitrogens is 1. The molecule has 10 heteroatoms. The maximum absolute atomic E-state index is 12.2. The van der Waals surface area contributed by atoms with Crippen LogP contribution in [0.5, 0.6) is 0 Å². The molecule has 0 unspecified atom stereocenters. The van der Waals surface area contributed by atoms with Crippen LogP contribution < -0.4 is 29.6 Å². The Bertz CT molecular complexity index is 696. The Kier molecular flexibility index (Phi) is 4.93. The molecule has 3 heterocycles. The van der Waals surface area contributed by atoms with Crippen molar-refractivity contribution in [3.63, 3.8) is 0 Å². The first-order valence-electron chi connectivity index (χ1n) is 6.37. The molecule has 0 N–H and O–H groups in total. The van der Waals surface area contributed by atoms with Crippen LogP contribution in [0.3, 0.4) is 0 Å². The average molecular weight is 333 g/mol. The van der Waals surface area contributed by atoms with Gasteiger partial charge in [-0.05, 0) is 18.1 Å². The Labute approximate surface area is 149 Å². The molecule has 0 aromatic carbocycles. The molecule has 0 aliphatic carbocycles. The topological polar surface area (TPSA) is 111 Å². The van der Waals surface area contributed by atoms with E-state index in [9.17, 15) is 22.6 Å². The van der Waals surface area contributed by atoms with Crippen LogP contribution in [-0.4, -0.2) is 57.6 Å². The Morgan fingerprint density at radius 1 is 1.45 bits per heavy atom. The van der Waals surface area contributed by atoms with Gasteiger partial charge in [0.2, 0.25) is 5.91 Å². The van der Waals surface area contributed by atoms with Gasteiger partial charge in [-0.3, -0.25) is 14.6 Å². The molecule has 2 atom stereocenters. The largest absolute Gasteiger partial charge is 1.00 e. The summed E-state index contributed by atoms with van der Waals surface area (Å²) in [5, 5.41) is 0. The molecule has 2 amide bonds. The summed E-state index contributed by atoms with van der Waals surface area (Å²) in [4.78, 5) is 29.3. The zero-order chi connectivity index (χ0) is 15.2. The summed E-state index contributed by atoms with van der Waals surface area (Å²) in [5.41, 5.74) is 0.714. The molecule has 2 saturated heterocycles. The van der Waals surface area contributed by atoms with Crippen LogP contribution in [0, 0.1) is 0 Å². The minimum atomic E-state index is -4.79. The van der Waals surface area contributed by atoms with Crippen molar-refractivity contribution in [1.29, 1.82) is 0 Å². The molecule has 112 valence electrons. The third-order valence-electron chi connectivity index (χ3n) is 3.78. The second kappa shape index (κ2) is 6.25. The Balaban J connectivity index is 0.00000176. The molecule has 0 radical (unpaired) electrons. The summed E-state index contributed by atoms with van der Waals surface area (Å²) >= 11 is 0. The molecule has 8 nitrogen and oxygen atoms in total. The van der Waals surface area contributed by atoms with Crippen LogP contribution >= 0.6 is 0 Å². The van der Waals surface area contributed by atoms with Crippen LogP contribution in [0.4, 0.5) is 0 Å². The maximum atomic E-state index is 12.2. The van der Waals surface area contributed by atoms with E-state index in [1.807, 2.05) is 0 Å². The fourth-order valence-electron chi connectivity index (χ4n) is 2.87. The summed E-state index contributed by atoms with van der Waals surface area (Å²) in [7, 11) is -4.79. The summed E-state index contributed by atoms with van der Waals surface area (Å²) in [5.74, 6) is -1.08. The number of nitrogens with zero attached hydrogens (tertiary/aromatic N) is 3. The Hall–Kier alpha value is -1.00. The average Bonchev–Trinajstić information content (AvgIpc) is 2.77. The molecule has 2 aliphatic heterocycles. The summed E-state index contributed by atoms with van der Waals surface area (Å²) in [6.45, 7) is 0.270. The number of pyridine rings is 1. The van der Waals surface area contributed by atoms with Crippen molar-refractivity contribution in [2.45, 2.75) is 24.9 Å². The molecular weight excluding hydrogens is 321 g/mol. The first-order valence-corrected chi connectivity index (χ1v) is 7.73. The fraction of sp³-hybridized carbons (Fsp3) is 0.417. The van der Waals surface area contributed by atoms with Crippen molar-refractivity contribution in [3.05, 3.63) is 30.1 Å². The molecule has 0 spiro atoms. The van der Waals surface area contributed by atoms with Gasteiger partial charge in [0.25, 0.3) is 5.91 Å². The predicted molar refractivity (Wildman–Crippen MR) is 68.4 cm³/mol. The third kappa shape index (κ3) is 2.91. The molecule has 1 aromatic rings. The van der Waals surface area contributed by atoms with Crippen molar-refractivity contribution in [2.75, 3.05) is 6.54 Å². The number of amides is 2. The van der Waals surface area contributed by atoms with E-state index < -0.39 is 28.3 Å². The molecular formula is C12H12N3NaO5S. The number of carbonyl (C=O) groups excluding carboxylic acids is 2. The zero-order valence-electron chi connectivity index (χ0n) is 11.9. The van der Waals surface area contributed by atoms with E-state index in [2.05, 4.69) is 4.98 Å². The van der Waals surface area contributed by atoms with E-state index in [-0.39, 0.29) is 48.4 Å². The van der Waals surface area contributed by atoms with Crippen molar-refractivity contribution in [2.24, 2.45) is 0 Å². The van der Waals surface area contributed by atoms with E-state index in [0.717, 1.165) is 0 Å². The van der Waals surface area contributed by atoms with Crippen molar-refractivity contribution in [3.8, 4) is 0 Å². The van der Waals surface area contributed by atoms with Gasteiger partial charge in [-0.2, -0.15) is 0 Å². The van der Waals surface area contributed by atoms with E-state index >= 15 is 0 Å². The number of hydrogen-bond acceptors (Lipinski definition) is 6. The van der Waals surface area contributed by atoms with Gasteiger partial charge in [-0.15, -0.1) is 0 Å². The number of fused-ring (bicyclic) bond motifs is 1. The molecule has 2 fully saturated rings. The number of β-lactam (4-membered cyclic amide) rings is 1. The monoisotopic (exact) mass is 333 g/mol. The summed E-state index contributed by atoms with van der Waals surface area (Å²) in [6.07, 6.45) is 3.54. The SMILES string of the molecule is O=C(Cc1cccnc1)N1CC[C@@H]2[C@H]1C(=O)N2S(=O)(=O)[O-].[Na+]. The number of likely N-dealkylation sites (tertiary alicyclic amines) is 1. The van der Waals surface area contributed by atoms with E-state index in [1.165, 1.54) is 4.90 Å². The van der Waals surface area contributed by atoms with Gasteiger partial charge < -0.3 is 9.45 Å². The maximum Gasteiger partial charge on any atom is 1.00 e. The second-order valence-electron chi connectivity index (χ2n) is 5.02. The molecule has 22 heavy (non-hydrogen) atoms.